The maximum atomic E-state index is 11.1. The van der Waals surface area contributed by atoms with Crippen molar-refractivity contribution in [3.05, 3.63) is 33.3 Å². The van der Waals surface area contributed by atoms with E-state index in [-0.39, 0.29) is 11.8 Å². The Morgan fingerprint density at radius 2 is 2.11 bits per heavy atom. The number of hydrogen-bond acceptors (Lipinski definition) is 2. The Balaban J connectivity index is 1.95. The summed E-state index contributed by atoms with van der Waals surface area (Å²) in [6, 6.07) is 5.88. The first kappa shape index (κ1) is 13.8. The van der Waals surface area contributed by atoms with E-state index in [1.165, 1.54) is 0 Å². The quantitative estimate of drug-likeness (QED) is 0.926. The molecule has 18 heavy (non-hydrogen) atoms. The number of carbonyl (C=O) groups is 1. The average molecular weight is 332 g/mol. The van der Waals surface area contributed by atoms with Crippen molar-refractivity contribution in [1.82, 2.24) is 4.90 Å². The zero-order valence-electron chi connectivity index (χ0n) is 10.0. The molecule has 1 heterocycles. The Hall–Kier alpha value is -0.580. The van der Waals surface area contributed by atoms with E-state index in [0.717, 1.165) is 47.5 Å². The zero-order valence-corrected chi connectivity index (χ0v) is 12.4. The van der Waals surface area contributed by atoms with E-state index < -0.39 is 0 Å². The normalized spacial score (nSPS) is 17.9. The average Bonchev–Trinajstić information content (AvgIpc) is 2.34. The molecule has 98 valence electrons. The lowest BCUT2D eigenvalue weighted by Gasteiger charge is -2.30. The molecule has 0 spiro atoms. The molecule has 0 atom stereocenters. The number of piperidine rings is 1. The van der Waals surface area contributed by atoms with Gasteiger partial charge in [-0.15, -0.1) is 0 Å². The first-order valence-corrected chi connectivity index (χ1v) is 7.19. The fourth-order valence-corrected chi connectivity index (χ4v) is 2.87. The minimum absolute atomic E-state index is 0.0410. The second-order valence-corrected chi connectivity index (χ2v) is 6.01. The summed E-state index contributed by atoms with van der Waals surface area (Å²) in [6.45, 7) is 2.62. The van der Waals surface area contributed by atoms with E-state index in [1.54, 1.807) is 0 Å². The molecule has 0 bridgehead atoms. The van der Waals surface area contributed by atoms with Crippen LogP contribution >= 0.6 is 27.5 Å². The summed E-state index contributed by atoms with van der Waals surface area (Å²) < 4.78 is 1.04. The highest BCUT2D eigenvalue weighted by Crippen LogP contribution is 2.24. The summed E-state index contributed by atoms with van der Waals surface area (Å²) in [6.07, 6.45) is 1.70. The Morgan fingerprint density at radius 3 is 2.72 bits per heavy atom. The summed E-state index contributed by atoms with van der Waals surface area (Å²) >= 11 is 9.62. The van der Waals surface area contributed by atoms with E-state index >= 15 is 0 Å². The zero-order chi connectivity index (χ0) is 13.1. The van der Waals surface area contributed by atoms with Crippen molar-refractivity contribution in [3.63, 3.8) is 0 Å². The first-order valence-electron chi connectivity index (χ1n) is 6.02. The number of carbonyl (C=O) groups excluding carboxylic acids is 1. The Kier molecular flexibility index (Phi) is 4.65. The van der Waals surface area contributed by atoms with Gasteiger partial charge >= 0.3 is 0 Å². The van der Waals surface area contributed by atoms with Crippen LogP contribution in [0.2, 0.25) is 5.02 Å². The summed E-state index contributed by atoms with van der Waals surface area (Å²) in [4.78, 5) is 13.4. The van der Waals surface area contributed by atoms with Crippen molar-refractivity contribution < 1.29 is 4.79 Å². The number of primary amides is 1. The largest absolute Gasteiger partial charge is 0.369 e. The van der Waals surface area contributed by atoms with Crippen molar-refractivity contribution in [1.29, 1.82) is 0 Å². The van der Waals surface area contributed by atoms with Crippen LogP contribution in [0.4, 0.5) is 0 Å². The van der Waals surface area contributed by atoms with Gasteiger partial charge in [-0.2, -0.15) is 0 Å². The number of rotatable bonds is 3. The molecule has 0 aliphatic carbocycles. The molecular formula is C13H16BrClN2O. The second kappa shape index (κ2) is 6.04. The van der Waals surface area contributed by atoms with Gasteiger partial charge in [-0.05, 0) is 49.7 Å². The van der Waals surface area contributed by atoms with Gasteiger partial charge in [0.1, 0.15) is 0 Å². The smallest absolute Gasteiger partial charge is 0.220 e. The minimum Gasteiger partial charge on any atom is -0.369 e. The van der Waals surface area contributed by atoms with Gasteiger partial charge in [0.05, 0.1) is 0 Å². The van der Waals surface area contributed by atoms with Gasteiger partial charge in [0.15, 0.2) is 0 Å². The number of nitrogens with zero attached hydrogens (tertiary/aromatic N) is 1. The fourth-order valence-electron chi connectivity index (χ4n) is 2.28. The molecule has 2 rings (SSSR count). The molecule has 1 saturated heterocycles. The van der Waals surface area contributed by atoms with Crippen molar-refractivity contribution in [3.8, 4) is 0 Å². The van der Waals surface area contributed by atoms with Crippen LogP contribution in [0.1, 0.15) is 18.4 Å². The molecule has 1 aromatic rings. The van der Waals surface area contributed by atoms with Gasteiger partial charge in [-0.3, -0.25) is 9.69 Å². The Bertz CT molecular complexity index is 445. The number of amides is 1. The highest BCUT2D eigenvalue weighted by Gasteiger charge is 2.23. The van der Waals surface area contributed by atoms with Crippen molar-refractivity contribution >= 4 is 33.4 Å². The number of halogens is 2. The summed E-state index contributed by atoms with van der Waals surface area (Å²) in [5.74, 6) is -0.130. The number of nitrogens with two attached hydrogens (primary N) is 1. The second-order valence-electron chi connectivity index (χ2n) is 4.69. The van der Waals surface area contributed by atoms with Crippen LogP contribution in [0, 0.1) is 5.92 Å². The van der Waals surface area contributed by atoms with Crippen molar-refractivity contribution in [2.75, 3.05) is 13.1 Å². The fraction of sp³-hybridized carbons (Fsp3) is 0.462. The predicted octanol–water partition coefficient (Wildman–Crippen LogP) is 2.80. The third-order valence-corrected chi connectivity index (χ3v) is 4.25. The molecular weight excluding hydrogens is 316 g/mol. The van der Waals surface area contributed by atoms with Gasteiger partial charge in [-0.25, -0.2) is 0 Å². The molecule has 5 heteroatoms. The lowest BCUT2D eigenvalue weighted by molar-refractivity contribution is -0.123. The molecule has 1 fully saturated rings. The predicted molar refractivity (Wildman–Crippen MR) is 76.3 cm³/mol. The molecule has 0 aromatic heterocycles. The number of likely N-dealkylation sites (tertiary alicyclic amines) is 1. The Morgan fingerprint density at radius 1 is 1.44 bits per heavy atom. The van der Waals surface area contributed by atoms with Gasteiger partial charge in [0.2, 0.25) is 5.91 Å². The summed E-state index contributed by atoms with van der Waals surface area (Å²) in [5, 5.41) is 0.787. The van der Waals surface area contributed by atoms with Gasteiger partial charge in [0, 0.05) is 22.0 Å². The molecule has 2 N–H and O–H groups in total. The van der Waals surface area contributed by atoms with Gasteiger partial charge < -0.3 is 5.73 Å². The topological polar surface area (TPSA) is 46.3 Å². The highest BCUT2D eigenvalue weighted by molar-refractivity contribution is 9.10. The molecule has 1 amide bonds. The maximum absolute atomic E-state index is 11.1. The standard InChI is InChI=1S/C13H16BrClN2O/c14-11-1-2-12(15)10(7-11)8-17-5-3-9(4-6-17)13(16)18/h1-2,7,9H,3-6,8H2,(H2,16,18). The first-order chi connectivity index (χ1) is 8.56. The van der Waals surface area contributed by atoms with Crippen LogP contribution in [0.5, 0.6) is 0 Å². The van der Waals surface area contributed by atoms with E-state index in [1.807, 2.05) is 18.2 Å². The van der Waals surface area contributed by atoms with Crippen LogP contribution in [0.3, 0.4) is 0 Å². The van der Waals surface area contributed by atoms with E-state index in [2.05, 4.69) is 20.8 Å². The van der Waals surface area contributed by atoms with Crippen LogP contribution in [-0.4, -0.2) is 23.9 Å². The summed E-state index contributed by atoms with van der Waals surface area (Å²) in [7, 11) is 0. The highest BCUT2D eigenvalue weighted by atomic mass is 79.9. The van der Waals surface area contributed by atoms with E-state index in [4.69, 9.17) is 17.3 Å². The van der Waals surface area contributed by atoms with Crippen LogP contribution in [-0.2, 0) is 11.3 Å². The van der Waals surface area contributed by atoms with Gasteiger partial charge in [-0.1, -0.05) is 27.5 Å². The molecule has 0 unspecified atom stereocenters. The van der Waals surface area contributed by atoms with Gasteiger partial charge in [0.25, 0.3) is 0 Å². The lowest BCUT2D eigenvalue weighted by atomic mass is 9.96. The number of hydrogen-bond donors (Lipinski definition) is 1. The Labute approximate surface area is 120 Å². The van der Waals surface area contributed by atoms with E-state index in [9.17, 15) is 4.79 Å². The minimum atomic E-state index is -0.171. The van der Waals surface area contributed by atoms with Crippen molar-refractivity contribution in [2.45, 2.75) is 19.4 Å². The van der Waals surface area contributed by atoms with Crippen LogP contribution in [0.25, 0.3) is 0 Å². The number of benzene rings is 1. The lowest BCUT2D eigenvalue weighted by Crippen LogP contribution is -2.38. The third kappa shape index (κ3) is 3.46. The molecule has 1 aromatic carbocycles. The van der Waals surface area contributed by atoms with Crippen LogP contribution in [0.15, 0.2) is 22.7 Å². The SMILES string of the molecule is NC(=O)C1CCN(Cc2cc(Br)ccc2Cl)CC1. The molecule has 0 radical (unpaired) electrons. The summed E-state index contributed by atoms with van der Waals surface area (Å²) in [5.41, 5.74) is 6.44. The van der Waals surface area contributed by atoms with Crippen LogP contribution < -0.4 is 5.73 Å². The third-order valence-electron chi connectivity index (χ3n) is 3.39. The molecule has 0 saturated carbocycles. The monoisotopic (exact) mass is 330 g/mol. The maximum Gasteiger partial charge on any atom is 0.220 e. The molecule has 1 aliphatic heterocycles. The van der Waals surface area contributed by atoms with E-state index in [0.29, 0.717) is 0 Å². The van der Waals surface area contributed by atoms with Crippen molar-refractivity contribution in [2.24, 2.45) is 11.7 Å². The molecule has 3 nitrogen and oxygen atoms in total. The molecule has 1 aliphatic rings.